The first-order chi connectivity index (χ1) is 13.8. The molecule has 166 valence electrons. The normalized spacial score (nSPS) is 20.0. The Kier molecular flexibility index (Phi) is 7.23. The highest BCUT2D eigenvalue weighted by atomic mass is 19.4. The van der Waals surface area contributed by atoms with E-state index < -0.39 is 35.1 Å². The van der Waals surface area contributed by atoms with Gasteiger partial charge in [0.2, 0.25) is 0 Å². The van der Waals surface area contributed by atoms with E-state index in [1.165, 1.54) is 17.0 Å². The molecule has 1 aliphatic carbocycles. The van der Waals surface area contributed by atoms with Gasteiger partial charge >= 0.3 is 12.3 Å². The summed E-state index contributed by atoms with van der Waals surface area (Å²) in [7, 11) is 1.57. The average Bonchev–Trinajstić information content (AvgIpc) is 2.63. The van der Waals surface area contributed by atoms with Gasteiger partial charge < -0.3 is 19.5 Å². The summed E-state index contributed by atoms with van der Waals surface area (Å²) >= 11 is 0. The lowest BCUT2D eigenvalue weighted by Gasteiger charge is -2.35. The predicted octanol–water partition coefficient (Wildman–Crippen LogP) is 4.96. The Morgan fingerprint density at radius 3 is 2.33 bits per heavy atom. The highest BCUT2D eigenvalue weighted by Gasteiger charge is 2.37. The Labute approximate surface area is 174 Å². The highest BCUT2D eigenvalue weighted by molar-refractivity contribution is 5.67. The van der Waals surface area contributed by atoms with Gasteiger partial charge in [0, 0.05) is 26.4 Å². The van der Waals surface area contributed by atoms with Crippen molar-refractivity contribution in [2.24, 2.45) is 0 Å². The Balaban J connectivity index is 2.13. The molecule has 0 saturated heterocycles. The SMILES string of the molecule is CN(CCC(Oc1ccc(C(F)(F)F)cc1)C1(O)C=CC=CC1)C(=O)OC(C)(C)C. The standard InChI is InChI=1S/C22H28F3NO4/c1-20(2,3)30-19(27)26(4)15-12-18(21(28)13-6-5-7-14-21)29-17-10-8-16(9-11-17)22(23,24)25/h5-11,13,18,28H,12,14-15H2,1-4H3. The quantitative estimate of drug-likeness (QED) is 0.697. The van der Waals surface area contributed by atoms with E-state index in [1.54, 1.807) is 52.1 Å². The number of aliphatic hydroxyl groups is 1. The number of nitrogens with zero attached hydrogens (tertiary/aromatic N) is 1. The summed E-state index contributed by atoms with van der Waals surface area (Å²) in [5.41, 5.74) is -2.78. The number of halogens is 3. The maximum Gasteiger partial charge on any atom is 0.416 e. The Hall–Kier alpha value is -2.48. The Bertz CT molecular complexity index is 781. The van der Waals surface area contributed by atoms with E-state index in [2.05, 4.69) is 0 Å². The van der Waals surface area contributed by atoms with Crippen LogP contribution in [0.15, 0.2) is 48.6 Å². The first-order valence-electron chi connectivity index (χ1n) is 9.65. The summed E-state index contributed by atoms with van der Waals surface area (Å²) in [5, 5.41) is 11.0. The second kappa shape index (κ2) is 9.12. The van der Waals surface area contributed by atoms with Crippen molar-refractivity contribution in [2.45, 2.75) is 57.1 Å². The van der Waals surface area contributed by atoms with Crippen LogP contribution in [-0.2, 0) is 10.9 Å². The second-order valence-electron chi connectivity index (χ2n) is 8.30. The van der Waals surface area contributed by atoms with Gasteiger partial charge in [0.1, 0.15) is 23.1 Å². The molecule has 0 aliphatic heterocycles. The third-order valence-electron chi connectivity index (χ3n) is 4.53. The van der Waals surface area contributed by atoms with Crippen LogP contribution < -0.4 is 4.74 Å². The third-order valence-corrected chi connectivity index (χ3v) is 4.53. The van der Waals surface area contributed by atoms with Gasteiger partial charge in [0.15, 0.2) is 0 Å². The van der Waals surface area contributed by atoms with Gasteiger partial charge in [-0.3, -0.25) is 0 Å². The van der Waals surface area contributed by atoms with E-state index in [0.717, 1.165) is 12.1 Å². The summed E-state index contributed by atoms with van der Waals surface area (Å²) in [6.07, 6.45) is 1.62. The number of carbonyl (C=O) groups excluding carboxylic acids is 1. The van der Waals surface area contributed by atoms with Crippen LogP contribution in [0.25, 0.3) is 0 Å². The summed E-state index contributed by atoms with van der Waals surface area (Å²) < 4.78 is 49.6. The molecule has 1 amide bonds. The summed E-state index contributed by atoms with van der Waals surface area (Å²) in [5.74, 6) is 0.198. The van der Waals surface area contributed by atoms with E-state index >= 15 is 0 Å². The molecule has 2 rings (SSSR count). The smallest absolute Gasteiger partial charge is 0.416 e. The zero-order chi connectivity index (χ0) is 22.6. The number of allylic oxidation sites excluding steroid dienone is 2. The fraction of sp³-hybridized carbons (Fsp3) is 0.500. The number of rotatable bonds is 6. The first-order valence-corrected chi connectivity index (χ1v) is 9.65. The van der Waals surface area contributed by atoms with Crippen LogP contribution in [-0.4, -0.2) is 47.0 Å². The molecule has 0 radical (unpaired) electrons. The van der Waals surface area contributed by atoms with Crippen molar-refractivity contribution in [1.29, 1.82) is 0 Å². The van der Waals surface area contributed by atoms with Crippen molar-refractivity contribution in [2.75, 3.05) is 13.6 Å². The molecule has 1 aromatic carbocycles. The van der Waals surface area contributed by atoms with Crippen LogP contribution in [0.4, 0.5) is 18.0 Å². The van der Waals surface area contributed by atoms with Crippen LogP contribution >= 0.6 is 0 Å². The molecule has 1 N–H and O–H groups in total. The van der Waals surface area contributed by atoms with Crippen molar-refractivity contribution in [1.82, 2.24) is 4.90 Å². The molecule has 8 heteroatoms. The van der Waals surface area contributed by atoms with Crippen molar-refractivity contribution in [3.05, 3.63) is 54.1 Å². The molecule has 0 bridgehead atoms. The molecular formula is C22H28F3NO4. The molecule has 0 spiro atoms. The maximum absolute atomic E-state index is 12.8. The van der Waals surface area contributed by atoms with Gasteiger partial charge in [0.05, 0.1) is 5.56 Å². The van der Waals surface area contributed by atoms with Crippen molar-refractivity contribution in [3.8, 4) is 5.75 Å². The maximum atomic E-state index is 12.8. The lowest BCUT2D eigenvalue weighted by Crippen LogP contribution is -2.47. The van der Waals surface area contributed by atoms with E-state index in [4.69, 9.17) is 9.47 Å². The highest BCUT2D eigenvalue weighted by Crippen LogP contribution is 2.32. The third kappa shape index (κ3) is 6.79. The fourth-order valence-electron chi connectivity index (χ4n) is 2.90. The molecule has 2 atom stereocenters. The molecule has 0 fully saturated rings. The average molecular weight is 427 g/mol. The van der Waals surface area contributed by atoms with E-state index in [9.17, 15) is 23.1 Å². The van der Waals surface area contributed by atoms with Crippen molar-refractivity contribution < 1.29 is 32.5 Å². The minimum atomic E-state index is -4.44. The summed E-state index contributed by atoms with van der Waals surface area (Å²) in [4.78, 5) is 13.6. The summed E-state index contributed by atoms with van der Waals surface area (Å²) in [6.45, 7) is 5.51. The Morgan fingerprint density at radius 1 is 1.20 bits per heavy atom. The van der Waals surface area contributed by atoms with E-state index in [0.29, 0.717) is 0 Å². The predicted molar refractivity (Wildman–Crippen MR) is 107 cm³/mol. The van der Waals surface area contributed by atoms with Crippen molar-refractivity contribution >= 4 is 6.09 Å². The topological polar surface area (TPSA) is 59.0 Å². The lowest BCUT2D eigenvalue weighted by atomic mass is 9.87. The van der Waals surface area contributed by atoms with Gasteiger partial charge in [-0.15, -0.1) is 0 Å². The second-order valence-corrected chi connectivity index (χ2v) is 8.30. The molecule has 1 aromatic rings. The zero-order valence-corrected chi connectivity index (χ0v) is 17.6. The van der Waals surface area contributed by atoms with Gasteiger partial charge in [-0.1, -0.05) is 18.2 Å². The number of benzene rings is 1. The van der Waals surface area contributed by atoms with Gasteiger partial charge in [-0.2, -0.15) is 13.2 Å². The van der Waals surface area contributed by atoms with Gasteiger partial charge in [-0.05, 0) is 51.1 Å². The molecule has 0 heterocycles. The number of alkyl halides is 3. The van der Waals surface area contributed by atoms with E-state index in [1.807, 2.05) is 0 Å². The van der Waals surface area contributed by atoms with Crippen molar-refractivity contribution in [3.63, 3.8) is 0 Å². The van der Waals surface area contributed by atoms with Gasteiger partial charge in [0.25, 0.3) is 0 Å². The number of hydrogen-bond acceptors (Lipinski definition) is 4. The van der Waals surface area contributed by atoms with Crippen LogP contribution in [0.3, 0.4) is 0 Å². The number of amides is 1. The summed E-state index contributed by atoms with van der Waals surface area (Å²) in [6, 6.07) is 4.30. The molecular weight excluding hydrogens is 399 g/mol. The largest absolute Gasteiger partial charge is 0.487 e. The molecule has 1 aliphatic rings. The molecule has 0 aromatic heterocycles. The number of ether oxygens (including phenoxy) is 2. The number of carbonyl (C=O) groups is 1. The monoisotopic (exact) mass is 427 g/mol. The van der Waals surface area contributed by atoms with Crippen LogP contribution in [0, 0.1) is 0 Å². The van der Waals surface area contributed by atoms with Crippen LogP contribution in [0.5, 0.6) is 5.75 Å². The lowest BCUT2D eigenvalue weighted by molar-refractivity contribution is -0.137. The fourth-order valence-corrected chi connectivity index (χ4v) is 2.90. The first kappa shape index (κ1) is 23.8. The van der Waals surface area contributed by atoms with E-state index in [-0.39, 0.29) is 25.1 Å². The van der Waals surface area contributed by atoms with Gasteiger partial charge in [-0.25, -0.2) is 4.79 Å². The molecule has 5 nitrogen and oxygen atoms in total. The number of hydrogen-bond donors (Lipinski definition) is 1. The Morgan fingerprint density at radius 2 is 1.83 bits per heavy atom. The minimum absolute atomic E-state index is 0.198. The molecule has 2 unspecified atom stereocenters. The van der Waals surface area contributed by atoms with Crippen LogP contribution in [0.1, 0.15) is 39.2 Å². The zero-order valence-electron chi connectivity index (χ0n) is 17.6. The molecule has 0 saturated carbocycles. The van der Waals surface area contributed by atoms with Crippen LogP contribution in [0.2, 0.25) is 0 Å². The molecule has 30 heavy (non-hydrogen) atoms. The minimum Gasteiger partial charge on any atom is -0.487 e.